The van der Waals surface area contributed by atoms with E-state index in [9.17, 15) is 17.6 Å². The van der Waals surface area contributed by atoms with Gasteiger partial charge < -0.3 is 15.2 Å². The Labute approximate surface area is 99.1 Å². The summed E-state index contributed by atoms with van der Waals surface area (Å²) in [6.07, 6.45) is 0. The molecule has 0 saturated heterocycles. The van der Waals surface area contributed by atoms with Crippen LogP contribution in [0.2, 0.25) is 5.02 Å². The third-order valence-electron chi connectivity index (χ3n) is 1.74. The molecule has 0 atom stereocenters. The first kappa shape index (κ1) is 13.9. The summed E-state index contributed by atoms with van der Waals surface area (Å²) < 4.78 is 56.5. The summed E-state index contributed by atoms with van der Waals surface area (Å²) in [6, 6.07) is 2.18. The number of nitrogens with two attached hydrogens (primary N) is 1. The molecule has 1 rings (SSSR count). The van der Waals surface area contributed by atoms with E-state index in [1.54, 1.807) is 0 Å². The second-order valence-electron chi connectivity index (χ2n) is 2.85. The number of benzene rings is 1. The molecule has 0 unspecified atom stereocenters. The molecule has 0 heterocycles. The molecular weight excluding hydrogens is 266 g/mol. The van der Waals surface area contributed by atoms with Crippen LogP contribution in [0.15, 0.2) is 12.1 Å². The predicted octanol–water partition coefficient (Wildman–Crippen LogP) is 3.00. The maximum absolute atomic E-state index is 12.1. The van der Waals surface area contributed by atoms with Gasteiger partial charge >= 0.3 is 13.2 Å². The predicted molar refractivity (Wildman–Crippen MR) is 52.6 cm³/mol. The summed E-state index contributed by atoms with van der Waals surface area (Å²) in [4.78, 5) is 0. The zero-order valence-electron chi connectivity index (χ0n) is 8.30. The SMILES string of the molecule is NCc1cc(Cl)cc(OC(F)F)c1OC(F)F. The Morgan fingerprint density at radius 2 is 1.71 bits per heavy atom. The normalized spacial score (nSPS) is 11.1. The van der Waals surface area contributed by atoms with Gasteiger partial charge in [-0.2, -0.15) is 17.6 Å². The largest absolute Gasteiger partial charge is 0.431 e. The molecule has 0 amide bonds. The van der Waals surface area contributed by atoms with Crippen molar-refractivity contribution in [1.82, 2.24) is 0 Å². The summed E-state index contributed by atoms with van der Waals surface area (Å²) in [5, 5.41) is 0.0303. The van der Waals surface area contributed by atoms with Crippen LogP contribution >= 0.6 is 11.6 Å². The van der Waals surface area contributed by atoms with Gasteiger partial charge in [0, 0.05) is 23.2 Å². The number of rotatable bonds is 5. The highest BCUT2D eigenvalue weighted by Crippen LogP contribution is 2.36. The molecule has 0 fully saturated rings. The minimum Gasteiger partial charge on any atom is -0.431 e. The molecule has 1 aromatic rings. The molecule has 0 radical (unpaired) electrons. The van der Waals surface area contributed by atoms with Crippen LogP contribution in [0.1, 0.15) is 5.56 Å². The monoisotopic (exact) mass is 273 g/mol. The molecule has 3 nitrogen and oxygen atoms in total. The number of hydrogen-bond acceptors (Lipinski definition) is 3. The molecule has 0 bridgehead atoms. The van der Waals surface area contributed by atoms with Crippen LogP contribution in [-0.4, -0.2) is 13.2 Å². The molecule has 0 saturated carbocycles. The molecule has 96 valence electrons. The fraction of sp³-hybridized carbons (Fsp3) is 0.333. The van der Waals surface area contributed by atoms with E-state index in [4.69, 9.17) is 17.3 Å². The van der Waals surface area contributed by atoms with Crippen molar-refractivity contribution < 1.29 is 27.0 Å². The lowest BCUT2D eigenvalue weighted by atomic mass is 10.2. The van der Waals surface area contributed by atoms with E-state index in [1.807, 2.05) is 0 Å². The van der Waals surface area contributed by atoms with Crippen molar-refractivity contribution >= 4 is 11.6 Å². The molecule has 17 heavy (non-hydrogen) atoms. The Morgan fingerprint density at radius 1 is 1.12 bits per heavy atom. The van der Waals surface area contributed by atoms with E-state index < -0.39 is 24.7 Å². The molecule has 1 aromatic carbocycles. The summed E-state index contributed by atoms with van der Waals surface area (Å²) >= 11 is 5.60. The fourth-order valence-electron chi connectivity index (χ4n) is 1.18. The summed E-state index contributed by atoms with van der Waals surface area (Å²) in [5.41, 5.74) is 5.32. The lowest BCUT2D eigenvalue weighted by Crippen LogP contribution is -2.11. The molecule has 0 aliphatic rings. The minimum absolute atomic E-state index is 0.0303. The average Bonchev–Trinajstić information content (AvgIpc) is 2.20. The third kappa shape index (κ3) is 3.94. The molecule has 0 spiro atoms. The van der Waals surface area contributed by atoms with Crippen molar-refractivity contribution in [3.8, 4) is 11.5 Å². The highest BCUT2D eigenvalue weighted by atomic mass is 35.5. The maximum atomic E-state index is 12.1. The number of halogens is 5. The first-order valence-electron chi connectivity index (χ1n) is 4.36. The van der Waals surface area contributed by atoms with Crippen molar-refractivity contribution in [1.29, 1.82) is 0 Å². The zero-order chi connectivity index (χ0) is 13.0. The van der Waals surface area contributed by atoms with Crippen LogP contribution in [0.25, 0.3) is 0 Å². The van der Waals surface area contributed by atoms with E-state index in [2.05, 4.69) is 9.47 Å². The van der Waals surface area contributed by atoms with Crippen LogP contribution in [-0.2, 0) is 6.54 Å². The molecule has 2 N–H and O–H groups in total. The highest BCUT2D eigenvalue weighted by Gasteiger charge is 2.19. The third-order valence-corrected chi connectivity index (χ3v) is 1.96. The van der Waals surface area contributed by atoms with Crippen LogP contribution in [0, 0.1) is 0 Å². The van der Waals surface area contributed by atoms with Crippen molar-refractivity contribution in [2.45, 2.75) is 19.8 Å². The Bertz CT molecular complexity index is 390. The number of alkyl halides is 4. The van der Waals surface area contributed by atoms with Crippen LogP contribution in [0.4, 0.5) is 17.6 Å². The van der Waals surface area contributed by atoms with Gasteiger partial charge in [0.2, 0.25) is 0 Å². The Balaban J connectivity index is 3.18. The fourth-order valence-corrected chi connectivity index (χ4v) is 1.41. The topological polar surface area (TPSA) is 44.5 Å². The van der Waals surface area contributed by atoms with Gasteiger partial charge in [0.1, 0.15) is 0 Å². The van der Waals surface area contributed by atoms with E-state index in [-0.39, 0.29) is 17.1 Å². The molecule has 0 aliphatic heterocycles. The smallest absolute Gasteiger partial charge is 0.387 e. The lowest BCUT2D eigenvalue weighted by Gasteiger charge is -2.15. The molecule has 8 heteroatoms. The number of ether oxygens (including phenoxy) is 2. The van der Waals surface area contributed by atoms with Crippen molar-refractivity contribution in [3.63, 3.8) is 0 Å². The summed E-state index contributed by atoms with van der Waals surface area (Å²) in [7, 11) is 0. The van der Waals surface area contributed by atoms with Gasteiger partial charge in [0.05, 0.1) is 0 Å². The van der Waals surface area contributed by atoms with Gasteiger partial charge in [-0.25, -0.2) is 0 Å². The lowest BCUT2D eigenvalue weighted by molar-refractivity contribution is -0.0696. The summed E-state index contributed by atoms with van der Waals surface area (Å²) in [5.74, 6) is -1.11. The Kier molecular flexibility index (Phi) is 4.83. The van der Waals surface area contributed by atoms with Crippen molar-refractivity contribution in [2.24, 2.45) is 5.73 Å². The van der Waals surface area contributed by atoms with Crippen LogP contribution < -0.4 is 15.2 Å². The number of hydrogen-bond donors (Lipinski definition) is 1. The standard InChI is InChI=1S/C9H8ClF4NO2/c10-5-1-4(3-15)7(17-9(13)14)6(2-5)16-8(11)12/h1-2,8-9H,3,15H2. The van der Waals surface area contributed by atoms with Gasteiger partial charge in [-0.15, -0.1) is 0 Å². The van der Waals surface area contributed by atoms with E-state index >= 15 is 0 Å². The second-order valence-corrected chi connectivity index (χ2v) is 3.29. The zero-order valence-corrected chi connectivity index (χ0v) is 9.06. The molecular formula is C9H8ClF4NO2. The quantitative estimate of drug-likeness (QED) is 0.839. The summed E-state index contributed by atoms with van der Waals surface area (Å²) in [6.45, 7) is -6.57. The van der Waals surface area contributed by atoms with Gasteiger partial charge in [0.15, 0.2) is 11.5 Å². The van der Waals surface area contributed by atoms with Gasteiger partial charge in [0.25, 0.3) is 0 Å². The van der Waals surface area contributed by atoms with E-state index in [0.29, 0.717) is 0 Å². The average molecular weight is 274 g/mol. The van der Waals surface area contributed by atoms with Gasteiger partial charge in [-0.05, 0) is 6.07 Å². The van der Waals surface area contributed by atoms with E-state index in [1.165, 1.54) is 6.07 Å². The second kappa shape index (κ2) is 5.92. The Hall–Kier alpha value is -1.21. The maximum Gasteiger partial charge on any atom is 0.387 e. The van der Waals surface area contributed by atoms with Gasteiger partial charge in [-0.1, -0.05) is 11.6 Å². The van der Waals surface area contributed by atoms with Gasteiger partial charge in [-0.3, -0.25) is 0 Å². The first-order chi connectivity index (χ1) is 7.93. The van der Waals surface area contributed by atoms with Crippen molar-refractivity contribution in [2.75, 3.05) is 0 Å². The minimum atomic E-state index is -3.18. The molecule has 0 aromatic heterocycles. The molecule has 0 aliphatic carbocycles. The highest BCUT2D eigenvalue weighted by molar-refractivity contribution is 6.30. The van der Waals surface area contributed by atoms with E-state index in [0.717, 1.165) is 6.07 Å². The Morgan fingerprint density at radius 3 is 2.18 bits per heavy atom. The van der Waals surface area contributed by atoms with Crippen LogP contribution in [0.5, 0.6) is 11.5 Å². The first-order valence-corrected chi connectivity index (χ1v) is 4.74. The van der Waals surface area contributed by atoms with Crippen LogP contribution in [0.3, 0.4) is 0 Å². The van der Waals surface area contributed by atoms with Crippen molar-refractivity contribution in [3.05, 3.63) is 22.7 Å².